The van der Waals surface area contributed by atoms with Gasteiger partial charge < -0.3 is 10.2 Å². The average molecular weight is 497 g/mol. The molecule has 2 amide bonds. The Kier molecular flexibility index (Phi) is 5.92. The lowest BCUT2D eigenvalue weighted by atomic mass is 9.73. The molecule has 2 aliphatic rings. The zero-order chi connectivity index (χ0) is 25.7. The molecule has 10 heteroatoms. The predicted octanol–water partition coefficient (Wildman–Crippen LogP) is 4.08. The Balaban J connectivity index is 1.35. The summed E-state index contributed by atoms with van der Waals surface area (Å²) in [6.45, 7) is 6.17. The molecule has 1 aliphatic carbocycles. The number of aromatic nitrogens is 4. The molecule has 3 heterocycles. The van der Waals surface area contributed by atoms with Crippen LogP contribution >= 0.6 is 0 Å². The van der Waals surface area contributed by atoms with Gasteiger partial charge in [0.1, 0.15) is 0 Å². The number of anilines is 1. The number of fused-ring (bicyclic) bond motifs is 1. The molecule has 3 aromatic rings. The van der Waals surface area contributed by atoms with E-state index in [0.717, 1.165) is 5.56 Å². The number of nitrogens with one attached hydrogen (secondary N) is 2. The molecule has 190 valence electrons. The second kappa shape index (κ2) is 8.83. The maximum absolute atomic E-state index is 14.7. The van der Waals surface area contributed by atoms with Gasteiger partial charge in [0.2, 0.25) is 5.91 Å². The van der Waals surface area contributed by atoms with Crippen LogP contribution in [0, 0.1) is 11.3 Å². The maximum Gasteiger partial charge on any atom is 0.276 e. The number of alkyl halides is 2. The highest BCUT2D eigenvalue weighted by Crippen LogP contribution is 2.46. The number of likely N-dealkylation sites (tertiary alicyclic amines) is 1. The molecule has 1 unspecified atom stereocenters. The number of hydrogen-bond acceptors (Lipinski definition) is 4. The third-order valence-electron chi connectivity index (χ3n) is 7.47. The molecule has 1 fully saturated rings. The summed E-state index contributed by atoms with van der Waals surface area (Å²) in [5.74, 6) is -3.19. The van der Waals surface area contributed by atoms with Crippen LogP contribution < -0.4 is 5.32 Å². The Hall–Kier alpha value is -3.56. The number of hydrogen-bond donors (Lipinski definition) is 2. The van der Waals surface area contributed by atoms with Gasteiger partial charge in [0, 0.05) is 61.1 Å². The lowest BCUT2D eigenvalue weighted by Crippen LogP contribution is -2.53. The van der Waals surface area contributed by atoms with E-state index in [4.69, 9.17) is 0 Å². The summed E-state index contributed by atoms with van der Waals surface area (Å²) >= 11 is 0. The first kappa shape index (κ1) is 24.1. The van der Waals surface area contributed by atoms with E-state index in [1.807, 2.05) is 42.2 Å². The Morgan fingerprint density at radius 2 is 1.92 bits per heavy atom. The molecule has 1 saturated heterocycles. The van der Waals surface area contributed by atoms with E-state index < -0.39 is 23.7 Å². The minimum Gasteiger partial charge on any atom is -0.342 e. The van der Waals surface area contributed by atoms with Crippen molar-refractivity contribution in [3.63, 3.8) is 0 Å². The highest BCUT2D eigenvalue weighted by Gasteiger charge is 2.51. The van der Waals surface area contributed by atoms with Gasteiger partial charge >= 0.3 is 0 Å². The van der Waals surface area contributed by atoms with Crippen LogP contribution in [0.3, 0.4) is 0 Å². The van der Waals surface area contributed by atoms with Gasteiger partial charge in [-0.05, 0) is 5.56 Å². The molecular weight excluding hydrogens is 466 g/mol. The van der Waals surface area contributed by atoms with Gasteiger partial charge in [-0.25, -0.2) is 8.78 Å². The SMILES string of the molecule is CCC(=O)N1CC(C(c2ccccc2)n2cc(NC(=O)c3n[nH]c4c3CC(F)(F)C(C)(C)C4)cn2)C1. The summed E-state index contributed by atoms with van der Waals surface area (Å²) in [4.78, 5) is 26.9. The second-order valence-corrected chi connectivity index (χ2v) is 10.4. The van der Waals surface area contributed by atoms with Crippen molar-refractivity contribution < 1.29 is 18.4 Å². The molecule has 1 aliphatic heterocycles. The number of rotatable bonds is 6. The molecule has 5 rings (SSSR count). The summed E-state index contributed by atoms with van der Waals surface area (Å²) in [6.07, 6.45) is 3.33. The second-order valence-electron chi connectivity index (χ2n) is 10.4. The van der Waals surface area contributed by atoms with Crippen LogP contribution in [0.1, 0.15) is 60.5 Å². The van der Waals surface area contributed by atoms with Crippen molar-refractivity contribution in [1.82, 2.24) is 24.9 Å². The smallest absolute Gasteiger partial charge is 0.276 e. The van der Waals surface area contributed by atoms with Crippen molar-refractivity contribution in [1.29, 1.82) is 0 Å². The number of nitrogens with zero attached hydrogens (tertiary/aromatic N) is 4. The summed E-state index contributed by atoms with van der Waals surface area (Å²) in [7, 11) is 0. The summed E-state index contributed by atoms with van der Waals surface area (Å²) < 4.78 is 31.1. The van der Waals surface area contributed by atoms with Crippen LogP contribution in [0.5, 0.6) is 0 Å². The molecule has 0 spiro atoms. The summed E-state index contributed by atoms with van der Waals surface area (Å²) in [6, 6.07) is 9.79. The molecule has 36 heavy (non-hydrogen) atoms. The number of H-pyrrole nitrogens is 1. The quantitative estimate of drug-likeness (QED) is 0.538. The topological polar surface area (TPSA) is 95.9 Å². The Bertz CT molecular complexity index is 1280. The van der Waals surface area contributed by atoms with E-state index in [9.17, 15) is 18.4 Å². The van der Waals surface area contributed by atoms with E-state index in [1.54, 1.807) is 10.9 Å². The fraction of sp³-hybridized carbons (Fsp3) is 0.462. The van der Waals surface area contributed by atoms with Gasteiger partial charge in [0.25, 0.3) is 11.8 Å². The van der Waals surface area contributed by atoms with Gasteiger partial charge in [0.05, 0.1) is 17.9 Å². The van der Waals surface area contributed by atoms with E-state index in [0.29, 0.717) is 30.9 Å². The van der Waals surface area contributed by atoms with Gasteiger partial charge in [0.15, 0.2) is 5.69 Å². The van der Waals surface area contributed by atoms with E-state index >= 15 is 0 Å². The van der Waals surface area contributed by atoms with Crippen molar-refractivity contribution in [3.05, 3.63) is 65.2 Å². The summed E-state index contributed by atoms with van der Waals surface area (Å²) in [5, 5.41) is 14.1. The van der Waals surface area contributed by atoms with Gasteiger partial charge in [-0.3, -0.25) is 19.4 Å². The normalized spacial score (nSPS) is 19.3. The first-order valence-corrected chi connectivity index (χ1v) is 12.2. The number of benzene rings is 1. The first-order valence-electron chi connectivity index (χ1n) is 12.2. The molecule has 2 N–H and O–H groups in total. The van der Waals surface area contributed by atoms with Crippen molar-refractivity contribution in [3.8, 4) is 0 Å². The highest BCUT2D eigenvalue weighted by molar-refractivity contribution is 6.04. The number of halogens is 2. The summed E-state index contributed by atoms with van der Waals surface area (Å²) in [5.41, 5.74) is 1.11. The maximum atomic E-state index is 14.7. The minimum absolute atomic E-state index is 0.0137. The van der Waals surface area contributed by atoms with Gasteiger partial charge in [-0.1, -0.05) is 51.1 Å². The molecule has 8 nitrogen and oxygen atoms in total. The van der Waals surface area contributed by atoms with Crippen molar-refractivity contribution in [2.24, 2.45) is 11.3 Å². The standard InChI is InChI=1S/C26H30F2N6O2/c1-4-21(35)33-13-17(14-33)23(16-8-6-5-7-9-16)34-15-18(12-29-34)30-24(36)22-19-10-26(27,28)25(2,3)11-20(19)31-32-22/h5-9,12,15,17,23H,4,10-11,13-14H2,1-3H3,(H,30,36)(H,31,32). The van der Waals surface area contributed by atoms with E-state index in [1.165, 1.54) is 20.0 Å². The molecule has 0 bridgehead atoms. The van der Waals surface area contributed by atoms with Crippen LogP contribution in [0.4, 0.5) is 14.5 Å². The Labute approximate surface area is 208 Å². The van der Waals surface area contributed by atoms with Gasteiger partial charge in [-0.2, -0.15) is 10.2 Å². The third kappa shape index (κ3) is 4.18. The lowest BCUT2D eigenvalue weighted by Gasteiger charge is -2.43. The number of aromatic amines is 1. The van der Waals surface area contributed by atoms with Crippen LogP contribution in [0.2, 0.25) is 0 Å². The fourth-order valence-electron chi connectivity index (χ4n) is 5.13. The van der Waals surface area contributed by atoms with E-state index in [-0.39, 0.29) is 35.5 Å². The minimum atomic E-state index is -2.94. The van der Waals surface area contributed by atoms with Crippen molar-refractivity contribution in [2.75, 3.05) is 18.4 Å². The first-order chi connectivity index (χ1) is 17.1. The number of carbonyl (C=O) groups is 2. The zero-order valence-electron chi connectivity index (χ0n) is 20.6. The highest BCUT2D eigenvalue weighted by atomic mass is 19.3. The third-order valence-corrected chi connectivity index (χ3v) is 7.47. The van der Waals surface area contributed by atoms with Crippen LogP contribution in [0.15, 0.2) is 42.7 Å². The largest absolute Gasteiger partial charge is 0.342 e. The number of amides is 2. The fourth-order valence-corrected chi connectivity index (χ4v) is 5.13. The number of carbonyl (C=O) groups excluding carboxylic acids is 2. The lowest BCUT2D eigenvalue weighted by molar-refractivity contribution is -0.138. The zero-order valence-corrected chi connectivity index (χ0v) is 20.6. The molecule has 0 radical (unpaired) electrons. The molecule has 0 saturated carbocycles. The van der Waals surface area contributed by atoms with Crippen molar-refractivity contribution in [2.45, 2.75) is 52.0 Å². The molecule has 2 aromatic heterocycles. The Morgan fingerprint density at radius 1 is 1.19 bits per heavy atom. The van der Waals surface area contributed by atoms with Crippen LogP contribution in [-0.2, 0) is 17.6 Å². The average Bonchev–Trinajstić information content (AvgIpc) is 3.42. The Morgan fingerprint density at radius 3 is 2.61 bits per heavy atom. The molecule has 1 aromatic carbocycles. The van der Waals surface area contributed by atoms with E-state index in [2.05, 4.69) is 20.6 Å². The monoisotopic (exact) mass is 496 g/mol. The molecular formula is C26H30F2N6O2. The predicted molar refractivity (Wildman–Crippen MR) is 130 cm³/mol. The molecule has 1 atom stereocenters. The van der Waals surface area contributed by atoms with Crippen molar-refractivity contribution >= 4 is 17.5 Å². The van der Waals surface area contributed by atoms with Gasteiger partial charge in [-0.15, -0.1) is 0 Å². The van der Waals surface area contributed by atoms with Crippen LogP contribution in [0.25, 0.3) is 0 Å². The van der Waals surface area contributed by atoms with Crippen LogP contribution in [-0.4, -0.2) is 55.7 Å².